The SMILES string of the molecule is Cc1cnc(CNc2ncc(Br)cc2F)s1. The molecule has 2 aromatic heterocycles. The molecule has 0 spiro atoms. The molecule has 0 fully saturated rings. The summed E-state index contributed by atoms with van der Waals surface area (Å²) in [7, 11) is 0. The van der Waals surface area contributed by atoms with Crippen molar-refractivity contribution in [3.63, 3.8) is 0 Å². The Labute approximate surface area is 105 Å². The lowest BCUT2D eigenvalue weighted by molar-refractivity contribution is 0.623. The molecule has 0 aliphatic rings. The predicted octanol–water partition coefficient (Wildman–Crippen LogP) is 3.36. The van der Waals surface area contributed by atoms with Crippen LogP contribution in [0.15, 0.2) is 22.9 Å². The molecule has 0 bridgehead atoms. The summed E-state index contributed by atoms with van der Waals surface area (Å²) in [6.45, 7) is 2.48. The molecule has 0 unspecified atom stereocenters. The number of pyridine rings is 1. The van der Waals surface area contributed by atoms with Crippen molar-refractivity contribution >= 4 is 33.1 Å². The van der Waals surface area contributed by atoms with Gasteiger partial charge in [-0.05, 0) is 28.9 Å². The Bertz CT molecular complexity index is 501. The van der Waals surface area contributed by atoms with Gasteiger partial charge in [-0.25, -0.2) is 14.4 Å². The molecule has 0 atom stereocenters. The number of anilines is 1. The zero-order chi connectivity index (χ0) is 11.5. The Morgan fingerprint density at radius 1 is 1.44 bits per heavy atom. The van der Waals surface area contributed by atoms with Gasteiger partial charge in [0.1, 0.15) is 5.01 Å². The van der Waals surface area contributed by atoms with Crippen LogP contribution in [-0.4, -0.2) is 9.97 Å². The molecule has 2 rings (SSSR count). The van der Waals surface area contributed by atoms with E-state index in [1.165, 1.54) is 6.07 Å². The van der Waals surface area contributed by atoms with Crippen molar-refractivity contribution in [3.8, 4) is 0 Å². The summed E-state index contributed by atoms with van der Waals surface area (Å²) in [6.07, 6.45) is 3.35. The first-order valence-corrected chi connectivity index (χ1v) is 6.22. The first-order valence-electron chi connectivity index (χ1n) is 4.61. The Hall–Kier alpha value is -1.01. The van der Waals surface area contributed by atoms with E-state index in [1.807, 2.05) is 6.92 Å². The maximum atomic E-state index is 13.4. The van der Waals surface area contributed by atoms with Crippen LogP contribution < -0.4 is 5.32 Å². The lowest BCUT2D eigenvalue weighted by atomic mass is 10.4. The maximum Gasteiger partial charge on any atom is 0.166 e. The van der Waals surface area contributed by atoms with E-state index >= 15 is 0 Å². The fourth-order valence-electron chi connectivity index (χ4n) is 1.19. The molecular formula is C10H9BrFN3S. The number of thiazole rings is 1. The summed E-state index contributed by atoms with van der Waals surface area (Å²) in [5.41, 5.74) is 0. The maximum absolute atomic E-state index is 13.4. The van der Waals surface area contributed by atoms with E-state index < -0.39 is 0 Å². The van der Waals surface area contributed by atoms with Gasteiger partial charge in [0, 0.05) is 21.7 Å². The number of rotatable bonds is 3. The lowest BCUT2D eigenvalue weighted by Gasteiger charge is -2.04. The molecule has 0 amide bonds. The third kappa shape index (κ3) is 2.76. The van der Waals surface area contributed by atoms with Gasteiger partial charge in [-0.3, -0.25) is 0 Å². The van der Waals surface area contributed by atoms with Crippen molar-refractivity contribution in [1.82, 2.24) is 9.97 Å². The number of halogens is 2. The smallest absolute Gasteiger partial charge is 0.166 e. The Morgan fingerprint density at radius 3 is 2.88 bits per heavy atom. The standard InChI is InChI=1S/C10H9BrFN3S/c1-6-3-13-9(16-6)5-15-10-8(12)2-7(11)4-14-10/h2-4H,5H2,1H3,(H,14,15). The lowest BCUT2D eigenvalue weighted by Crippen LogP contribution is -2.03. The molecule has 6 heteroatoms. The molecule has 0 aliphatic heterocycles. The van der Waals surface area contributed by atoms with Crippen LogP contribution in [-0.2, 0) is 6.54 Å². The van der Waals surface area contributed by atoms with Crippen LogP contribution in [0.3, 0.4) is 0 Å². The van der Waals surface area contributed by atoms with Crippen molar-refractivity contribution in [2.45, 2.75) is 13.5 Å². The second-order valence-electron chi connectivity index (χ2n) is 3.20. The van der Waals surface area contributed by atoms with Crippen molar-refractivity contribution in [2.75, 3.05) is 5.32 Å². The van der Waals surface area contributed by atoms with E-state index in [4.69, 9.17) is 0 Å². The highest BCUT2D eigenvalue weighted by Gasteiger charge is 2.05. The van der Waals surface area contributed by atoms with Crippen LogP contribution in [0.5, 0.6) is 0 Å². The van der Waals surface area contributed by atoms with Gasteiger partial charge < -0.3 is 5.32 Å². The van der Waals surface area contributed by atoms with Crippen LogP contribution in [0.4, 0.5) is 10.2 Å². The molecule has 0 radical (unpaired) electrons. The molecule has 0 saturated heterocycles. The summed E-state index contributed by atoms with van der Waals surface area (Å²) < 4.78 is 14.0. The highest BCUT2D eigenvalue weighted by molar-refractivity contribution is 9.10. The van der Waals surface area contributed by atoms with Crippen LogP contribution >= 0.6 is 27.3 Å². The Balaban J connectivity index is 2.04. The van der Waals surface area contributed by atoms with Gasteiger partial charge in [0.15, 0.2) is 11.6 Å². The zero-order valence-electron chi connectivity index (χ0n) is 8.50. The third-order valence-corrected chi connectivity index (χ3v) is 3.23. The van der Waals surface area contributed by atoms with Crippen molar-refractivity contribution < 1.29 is 4.39 Å². The highest BCUT2D eigenvalue weighted by Crippen LogP contribution is 2.18. The molecule has 0 saturated carbocycles. The second kappa shape index (κ2) is 4.88. The van der Waals surface area contributed by atoms with Crippen molar-refractivity contribution in [2.24, 2.45) is 0 Å². The molecule has 2 aromatic rings. The number of hydrogen-bond acceptors (Lipinski definition) is 4. The van der Waals surface area contributed by atoms with E-state index in [9.17, 15) is 4.39 Å². The van der Waals surface area contributed by atoms with Gasteiger partial charge in [-0.1, -0.05) is 0 Å². The molecule has 0 aromatic carbocycles. The van der Waals surface area contributed by atoms with Gasteiger partial charge in [-0.2, -0.15) is 0 Å². The normalized spacial score (nSPS) is 10.4. The van der Waals surface area contributed by atoms with Crippen LogP contribution in [0, 0.1) is 12.7 Å². The summed E-state index contributed by atoms with van der Waals surface area (Å²) in [5, 5.41) is 3.83. The fourth-order valence-corrected chi connectivity index (χ4v) is 2.22. The number of aromatic nitrogens is 2. The summed E-state index contributed by atoms with van der Waals surface area (Å²) in [6, 6.07) is 1.38. The van der Waals surface area contributed by atoms with E-state index in [-0.39, 0.29) is 11.6 Å². The molecule has 2 heterocycles. The molecule has 0 aliphatic carbocycles. The van der Waals surface area contributed by atoms with Gasteiger partial charge in [0.2, 0.25) is 0 Å². The van der Waals surface area contributed by atoms with Crippen molar-refractivity contribution in [3.05, 3.63) is 38.6 Å². The van der Waals surface area contributed by atoms with Crippen LogP contribution in [0.1, 0.15) is 9.88 Å². The average Bonchev–Trinajstić information content (AvgIpc) is 2.63. The van der Waals surface area contributed by atoms with Crippen molar-refractivity contribution in [1.29, 1.82) is 0 Å². The number of aryl methyl sites for hydroxylation is 1. The molecular weight excluding hydrogens is 293 g/mol. The third-order valence-electron chi connectivity index (χ3n) is 1.88. The Morgan fingerprint density at radius 2 is 2.25 bits per heavy atom. The Kier molecular flexibility index (Phi) is 3.50. The largest absolute Gasteiger partial charge is 0.361 e. The summed E-state index contributed by atoms with van der Waals surface area (Å²) in [5.74, 6) is -0.126. The summed E-state index contributed by atoms with van der Waals surface area (Å²) >= 11 is 4.74. The van der Waals surface area contributed by atoms with Crippen LogP contribution in [0.2, 0.25) is 0 Å². The first kappa shape index (κ1) is 11.5. The quantitative estimate of drug-likeness (QED) is 0.944. The minimum absolute atomic E-state index is 0.246. The minimum Gasteiger partial charge on any atom is -0.361 e. The predicted molar refractivity (Wildman–Crippen MR) is 66.1 cm³/mol. The van der Waals surface area contributed by atoms with Gasteiger partial charge in [0.25, 0.3) is 0 Å². The van der Waals surface area contributed by atoms with E-state index in [1.54, 1.807) is 23.7 Å². The molecule has 84 valence electrons. The number of nitrogens with zero attached hydrogens (tertiary/aromatic N) is 2. The second-order valence-corrected chi connectivity index (χ2v) is 5.44. The molecule has 1 N–H and O–H groups in total. The van der Waals surface area contributed by atoms with E-state index in [2.05, 4.69) is 31.2 Å². The average molecular weight is 302 g/mol. The van der Waals surface area contributed by atoms with E-state index in [0.29, 0.717) is 11.0 Å². The van der Waals surface area contributed by atoms with Crippen LogP contribution in [0.25, 0.3) is 0 Å². The van der Waals surface area contributed by atoms with Gasteiger partial charge >= 0.3 is 0 Å². The minimum atomic E-state index is -0.373. The fraction of sp³-hybridized carbons (Fsp3) is 0.200. The number of nitrogens with one attached hydrogen (secondary N) is 1. The topological polar surface area (TPSA) is 37.8 Å². The number of hydrogen-bond donors (Lipinski definition) is 1. The monoisotopic (exact) mass is 301 g/mol. The zero-order valence-corrected chi connectivity index (χ0v) is 10.9. The highest BCUT2D eigenvalue weighted by atomic mass is 79.9. The van der Waals surface area contributed by atoms with Gasteiger partial charge in [0.05, 0.1) is 6.54 Å². The first-order chi connectivity index (χ1) is 7.65. The molecule has 16 heavy (non-hydrogen) atoms. The van der Waals surface area contributed by atoms with Gasteiger partial charge in [-0.15, -0.1) is 11.3 Å². The van der Waals surface area contributed by atoms with E-state index in [0.717, 1.165) is 9.88 Å². The molecule has 3 nitrogen and oxygen atoms in total. The summed E-state index contributed by atoms with van der Waals surface area (Å²) in [4.78, 5) is 9.26.